The van der Waals surface area contributed by atoms with Gasteiger partial charge in [-0.15, -0.1) is 11.3 Å². The van der Waals surface area contributed by atoms with E-state index >= 15 is 0 Å². The van der Waals surface area contributed by atoms with Crippen LogP contribution in [-0.2, 0) is 13.0 Å². The van der Waals surface area contributed by atoms with E-state index in [2.05, 4.69) is 16.4 Å². The number of nitriles is 1. The number of fused-ring (bicyclic) bond motifs is 1. The smallest absolute Gasteiger partial charge is 0.258 e. The number of hydrogen-bond donors (Lipinski definition) is 1. The molecule has 128 valence electrons. The summed E-state index contributed by atoms with van der Waals surface area (Å²) >= 11 is 1.63. The first kappa shape index (κ1) is 16.3. The molecule has 3 aromatic rings. The number of amides is 1. The molecule has 1 aromatic carbocycles. The topological polar surface area (TPSA) is 69.0 Å². The van der Waals surface area contributed by atoms with Crippen LogP contribution in [0.2, 0.25) is 0 Å². The molecule has 0 aliphatic carbocycles. The highest BCUT2D eigenvalue weighted by atomic mass is 32.1. The highest BCUT2D eigenvalue weighted by Crippen LogP contribution is 2.34. The van der Waals surface area contributed by atoms with Gasteiger partial charge in [0, 0.05) is 16.8 Å². The van der Waals surface area contributed by atoms with Crippen LogP contribution < -0.4 is 5.32 Å². The number of aromatic nitrogens is 1. The predicted molar refractivity (Wildman–Crippen MR) is 101 cm³/mol. The summed E-state index contributed by atoms with van der Waals surface area (Å²) < 4.78 is 0. The maximum atomic E-state index is 12.9. The van der Waals surface area contributed by atoms with Gasteiger partial charge in [0.2, 0.25) is 0 Å². The Hall–Kier alpha value is -3.17. The molecular weight excluding hydrogens is 344 g/mol. The molecule has 3 heterocycles. The Morgan fingerprint density at radius 1 is 1.19 bits per heavy atom. The fourth-order valence-corrected chi connectivity index (χ4v) is 3.79. The van der Waals surface area contributed by atoms with Gasteiger partial charge in [-0.3, -0.25) is 9.78 Å². The van der Waals surface area contributed by atoms with Crippen LogP contribution in [0.15, 0.2) is 60.1 Å². The second kappa shape index (κ2) is 6.98. The van der Waals surface area contributed by atoms with Crippen LogP contribution in [-0.4, -0.2) is 15.8 Å². The van der Waals surface area contributed by atoms with E-state index in [1.54, 1.807) is 23.6 Å². The summed E-state index contributed by atoms with van der Waals surface area (Å²) in [4.78, 5) is 20.3. The zero-order chi connectivity index (χ0) is 17.9. The SMILES string of the molecule is N#CCc1ccc(NC2c3ncccc3C(=O)N2Cc2cccs2)cc1. The van der Waals surface area contributed by atoms with E-state index in [-0.39, 0.29) is 12.1 Å². The molecule has 0 saturated heterocycles. The van der Waals surface area contributed by atoms with Gasteiger partial charge >= 0.3 is 0 Å². The maximum absolute atomic E-state index is 12.9. The fraction of sp³-hybridized carbons (Fsp3) is 0.150. The summed E-state index contributed by atoms with van der Waals surface area (Å²) in [5.74, 6) is -0.0138. The second-order valence-corrected chi connectivity index (χ2v) is 7.06. The van der Waals surface area contributed by atoms with Crippen LogP contribution in [0.3, 0.4) is 0 Å². The van der Waals surface area contributed by atoms with Gasteiger partial charge < -0.3 is 10.2 Å². The number of hydrogen-bond acceptors (Lipinski definition) is 5. The van der Waals surface area contributed by atoms with Crippen LogP contribution in [0.5, 0.6) is 0 Å². The van der Waals surface area contributed by atoms with Crippen molar-refractivity contribution in [2.24, 2.45) is 0 Å². The Morgan fingerprint density at radius 3 is 2.77 bits per heavy atom. The fourth-order valence-electron chi connectivity index (χ4n) is 3.08. The standard InChI is InChI=1S/C20H16N4OS/c21-10-9-14-5-7-15(8-6-14)23-19-18-17(4-1-11-22-18)20(25)24(19)13-16-3-2-12-26-16/h1-8,11-12,19,23H,9,13H2. The Morgan fingerprint density at radius 2 is 2.04 bits per heavy atom. The van der Waals surface area contributed by atoms with E-state index in [1.165, 1.54) is 0 Å². The van der Waals surface area contributed by atoms with Gasteiger partial charge in [0.05, 0.1) is 30.3 Å². The minimum Gasteiger partial charge on any atom is -0.360 e. The molecule has 5 nitrogen and oxygen atoms in total. The van der Waals surface area contributed by atoms with Gasteiger partial charge in [-0.25, -0.2) is 0 Å². The molecule has 4 rings (SSSR count). The van der Waals surface area contributed by atoms with Gasteiger partial charge in [-0.2, -0.15) is 5.26 Å². The molecule has 1 aliphatic rings. The van der Waals surface area contributed by atoms with E-state index in [1.807, 2.05) is 52.7 Å². The van der Waals surface area contributed by atoms with Crippen LogP contribution in [0.4, 0.5) is 5.69 Å². The number of benzene rings is 1. The van der Waals surface area contributed by atoms with Crippen molar-refractivity contribution in [1.29, 1.82) is 5.26 Å². The van der Waals surface area contributed by atoms with Gasteiger partial charge in [0.1, 0.15) is 6.17 Å². The van der Waals surface area contributed by atoms with Crippen molar-refractivity contribution in [3.63, 3.8) is 0 Å². The minimum absolute atomic E-state index is 0.0138. The highest BCUT2D eigenvalue weighted by Gasteiger charge is 2.37. The summed E-state index contributed by atoms with van der Waals surface area (Å²) in [6, 6.07) is 17.5. The summed E-state index contributed by atoms with van der Waals surface area (Å²) in [5.41, 5.74) is 3.24. The first-order valence-electron chi connectivity index (χ1n) is 8.27. The Labute approximate surface area is 155 Å². The van der Waals surface area contributed by atoms with Crippen molar-refractivity contribution in [2.45, 2.75) is 19.1 Å². The van der Waals surface area contributed by atoms with Crippen molar-refractivity contribution in [3.8, 4) is 6.07 Å². The van der Waals surface area contributed by atoms with Crippen LogP contribution in [0, 0.1) is 11.3 Å². The van der Waals surface area contributed by atoms with Gasteiger partial charge in [0.25, 0.3) is 5.91 Å². The number of nitrogens with one attached hydrogen (secondary N) is 1. The van der Waals surface area contributed by atoms with Crippen molar-refractivity contribution in [3.05, 3.63) is 81.8 Å². The first-order chi connectivity index (χ1) is 12.8. The zero-order valence-electron chi connectivity index (χ0n) is 13.9. The molecule has 0 spiro atoms. The van der Waals surface area contributed by atoms with E-state index < -0.39 is 0 Å². The predicted octanol–water partition coefficient (Wildman–Crippen LogP) is 3.98. The van der Waals surface area contributed by atoms with E-state index in [9.17, 15) is 4.79 Å². The lowest BCUT2D eigenvalue weighted by atomic mass is 10.1. The number of thiophene rings is 1. The maximum Gasteiger partial charge on any atom is 0.258 e. The lowest BCUT2D eigenvalue weighted by molar-refractivity contribution is 0.0729. The molecule has 1 aliphatic heterocycles. The largest absolute Gasteiger partial charge is 0.360 e. The molecule has 0 saturated carbocycles. The first-order valence-corrected chi connectivity index (χ1v) is 9.15. The highest BCUT2D eigenvalue weighted by molar-refractivity contribution is 7.09. The van der Waals surface area contributed by atoms with Crippen LogP contribution in [0.1, 0.15) is 32.7 Å². The number of rotatable bonds is 5. The third-order valence-corrected chi connectivity index (χ3v) is 5.21. The quantitative estimate of drug-likeness (QED) is 0.747. The second-order valence-electron chi connectivity index (χ2n) is 6.03. The lowest BCUT2D eigenvalue weighted by Gasteiger charge is -2.26. The molecule has 2 aromatic heterocycles. The molecular formula is C20H16N4OS. The van der Waals surface area contributed by atoms with E-state index in [0.29, 0.717) is 18.5 Å². The van der Waals surface area contributed by atoms with Crippen molar-refractivity contribution in [2.75, 3.05) is 5.32 Å². The molecule has 0 fully saturated rings. The molecule has 1 atom stereocenters. The summed E-state index contributed by atoms with van der Waals surface area (Å²) in [6.07, 6.45) is 1.78. The Bertz CT molecular complexity index is 960. The molecule has 1 N–H and O–H groups in total. The van der Waals surface area contributed by atoms with Crippen molar-refractivity contribution < 1.29 is 4.79 Å². The van der Waals surface area contributed by atoms with Crippen LogP contribution in [0.25, 0.3) is 0 Å². The summed E-state index contributed by atoms with van der Waals surface area (Å²) in [6.45, 7) is 0.539. The minimum atomic E-state index is -0.317. The number of pyridine rings is 1. The van der Waals surface area contributed by atoms with Gasteiger partial charge in [-0.05, 0) is 41.3 Å². The zero-order valence-corrected chi connectivity index (χ0v) is 14.7. The molecule has 6 heteroatoms. The molecule has 1 unspecified atom stereocenters. The summed E-state index contributed by atoms with van der Waals surface area (Å²) in [7, 11) is 0. The average Bonchev–Trinajstić information content (AvgIpc) is 3.27. The monoisotopic (exact) mass is 360 g/mol. The third-order valence-electron chi connectivity index (χ3n) is 4.35. The lowest BCUT2D eigenvalue weighted by Crippen LogP contribution is -2.31. The Kier molecular flexibility index (Phi) is 4.38. The number of carbonyl (C=O) groups is 1. The van der Waals surface area contributed by atoms with Gasteiger partial charge in [-0.1, -0.05) is 18.2 Å². The van der Waals surface area contributed by atoms with E-state index in [0.717, 1.165) is 21.8 Å². The normalized spacial score (nSPS) is 15.6. The van der Waals surface area contributed by atoms with E-state index in [4.69, 9.17) is 5.26 Å². The average molecular weight is 360 g/mol. The Balaban J connectivity index is 1.63. The third kappa shape index (κ3) is 3.05. The van der Waals surface area contributed by atoms with Gasteiger partial charge in [0.15, 0.2) is 0 Å². The number of carbonyl (C=O) groups excluding carboxylic acids is 1. The van der Waals surface area contributed by atoms with Crippen LogP contribution >= 0.6 is 11.3 Å². The molecule has 0 bridgehead atoms. The molecule has 0 radical (unpaired) electrons. The number of anilines is 1. The number of nitrogens with zero attached hydrogens (tertiary/aromatic N) is 3. The molecule has 1 amide bonds. The van der Waals surface area contributed by atoms with Crippen molar-refractivity contribution >= 4 is 22.9 Å². The molecule has 26 heavy (non-hydrogen) atoms. The van der Waals surface area contributed by atoms with Crippen molar-refractivity contribution in [1.82, 2.24) is 9.88 Å². The summed E-state index contributed by atoms with van der Waals surface area (Å²) in [5, 5.41) is 14.2.